The Morgan fingerprint density at radius 1 is 0.963 bits per heavy atom. The van der Waals surface area contributed by atoms with E-state index in [0.29, 0.717) is 18.1 Å². The highest BCUT2D eigenvalue weighted by Crippen LogP contribution is 2.36. The first kappa shape index (κ1) is 20.9. The number of ether oxygens (including phenoxy) is 1. The molecule has 0 N–H and O–H groups in total. The molecule has 6 heteroatoms. The van der Waals surface area contributed by atoms with Crippen LogP contribution in [0.2, 0.25) is 0 Å². The first-order valence-electron chi connectivity index (χ1n) is 8.51. The molecule has 148 valence electrons. The molecular formula is C21H24F4O2. The molecule has 0 atom stereocenters. The second-order valence-electron chi connectivity index (χ2n) is 6.79. The van der Waals surface area contributed by atoms with Crippen LogP contribution in [0.5, 0.6) is 5.75 Å². The minimum absolute atomic E-state index is 0. The first-order valence-corrected chi connectivity index (χ1v) is 8.51. The molecular weight excluding hydrogens is 360 g/mol. The van der Waals surface area contributed by atoms with Gasteiger partial charge in [0.1, 0.15) is 11.6 Å². The van der Waals surface area contributed by atoms with Crippen molar-refractivity contribution in [1.82, 2.24) is 0 Å². The summed E-state index contributed by atoms with van der Waals surface area (Å²) >= 11 is 0. The molecule has 1 saturated carbocycles. The van der Waals surface area contributed by atoms with Gasteiger partial charge in [-0.05, 0) is 42.4 Å². The Kier molecular flexibility index (Phi) is 6.63. The number of rotatable bonds is 3. The van der Waals surface area contributed by atoms with Crippen LogP contribution < -0.4 is 4.74 Å². The van der Waals surface area contributed by atoms with E-state index in [2.05, 4.69) is 6.92 Å². The third kappa shape index (κ3) is 4.67. The van der Waals surface area contributed by atoms with E-state index in [9.17, 15) is 22.4 Å². The summed E-state index contributed by atoms with van der Waals surface area (Å²) in [5.41, 5.74) is 0.480. The molecule has 27 heavy (non-hydrogen) atoms. The SMILES string of the molecule is C.CC1CCC(c2ccc(C(=O)Oc3cc(F)c(F)c(F)c3)c(F)c2)CC1.[HH]. The van der Waals surface area contributed by atoms with Crippen molar-refractivity contribution in [3.63, 3.8) is 0 Å². The molecule has 0 bridgehead atoms. The molecule has 0 aromatic heterocycles. The molecule has 1 fully saturated rings. The summed E-state index contributed by atoms with van der Waals surface area (Å²) in [5.74, 6) is -6.11. The van der Waals surface area contributed by atoms with Crippen molar-refractivity contribution in [2.75, 3.05) is 0 Å². The monoisotopic (exact) mass is 384 g/mol. The average molecular weight is 384 g/mol. The topological polar surface area (TPSA) is 26.3 Å². The van der Waals surface area contributed by atoms with Gasteiger partial charge >= 0.3 is 5.97 Å². The van der Waals surface area contributed by atoms with E-state index in [1.165, 1.54) is 12.1 Å². The zero-order valence-electron chi connectivity index (χ0n) is 14.2. The van der Waals surface area contributed by atoms with E-state index in [1.54, 1.807) is 6.07 Å². The van der Waals surface area contributed by atoms with Crippen molar-refractivity contribution in [2.45, 2.75) is 46.0 Å². The summed E-state index contributed by atoms with van der Waals surface area (Å²) in [7, 11) is 0. The Balaban J connectivity index is 0.00000196. The molecule has 2 nitrogen and oxygen atoms in total. The number of benzene rings is 2. The van der Waals surface area contributed by atoms with E-state index >= 15 is 0 Å². The van der Waals surface area contributed by atoms with Crippen LogP contribution in [-0.4, -0.2) is 5.97 Å². The Morgan fingerprint density at radius 2 is 1.56 bits per heavy atom. The molecule has 0 spiro atoms. The zero-order valence-corrected chi connectivity index (χ0v) is 14.2. The van der Waals surface area contributed by atoms with Gasteiger partial charge in [0.05, 0.1) is 5.56 Å². The van der Waals surface area contributed by atoms with Crippen LogP contribution in [0.3, 0.4) is 0 Å². The van der Waals surface area contributed by atoms with Gasteiger partial charge in [-0.3, -0.25) is 0 Å². The molecule has 0 heterocycles. The molecule has 3 rings (SSSR count). The number of hydrogen-bond donors (Lipinski definition) is 0. The number of hydrogen-bond acceptors (Lipinski definition) is 2. The Hall–Kier alpha value is -2.37. The second-order valence-corrected chi connectivity index (χ2v) is 6.79. The maximum Gasteiger partial charge on any atom is 0.346 e. The quantitative estimate of drug-likeness (QED) is 0.257. The fourth-order valence-corrected chi connectivity index (χ4v) is 3.30. The van der Waals surface area contributed by atoms with Crippen LogP contribution in [-0.2, 0) is 0 Å². The summed E-state index contributed by atoms with van der Waals surface area (Å²) in [6.07, 6.45) is 4.10. The summed E-state index contributed by atoms with van der Waals surface area (Å²) in [4.78, 5) is 12.1. The molecule has 0 saturated heterocycles. The Morgan fingerprint density at radius 3 is 2.11 bits per heavy atom. The van der Waals surface area contributed by atoms with Gasteiger partial charge in [0, 0.05) is 13.6 Å². The number of carbonyl (C=O) groups excluding carboxylic acids is 1. The lowest BCUT2D eigenvalue weighted by Crippen LogP contribution is -2.14. The molecule has 1 aliphatic carbocycles. The fraction of sp³-hybridized carbons (Fsp3) is 0.381. The minimum atomic E-state index is -1.66. The zero-order chi connectivity index (χ0) is 18.8. The number of esters is 1. The lowest BCUT2D eigenvalue weighted by molar-refractivity contribution is 0.0728. The summed E-state index contributed by atoms with van der Waals surface area (Å²) < 4.78 is 58.4. The van der Waals surface area contributed by atoms with Crippen LogP contribution in [0.15, 0.2) is 30.3 Å². The maximum atomic E-state index is 14.3. The van der Waals surface area contributed by atoms with Crippen LogP contribution in [0.1, 0.15) is 63.3 Å². The summed E-state index contributed by atoms with van der Waals surface area (Å²) in [6.45, 7) is 2.19. The van der Waals surface area contributed by atoms with Gasteiger partial charge in [-0.2, -0.15) is 0 Å². The number of halogens is 4. The highest BCUT2D eigenvalue weighted by Gasteiger charge is 2.22. The van der Waals surface area contributed by atoms with Gasteiger partial charge in [-0.25, -0.2) is 22.4 Å². The molecule has 2 aromatic rings. The highest BCUT2D eigenvalue weighted by molar-refractivity contribution is 5.91. The smallest absolute Gasteiger partial charge is 0.346 e. The normalized spacial score (nSPS) is 19.3. The van der Waals surface area contributed by atoms with Gasteiger partial charge in [0.2, 0.25) is 0 Å². The Labute approximate surface area is 157 Å². The van der Waals surface area contributed by atoms with Gasteiger partial charge in [0.15, 0.2) is 17.5 Å². The minimum Gasteiger partial charge on any atom is -0.423 e. The third-order valence-corrected chi connectivity index (χ3v) is 4.87. The maximum absolute atomic E-state index is 14.3. The van der Waals surface area contributed by atoms with Gasteiger partial charge < -0.3 is 4.74 Å². The van der Waals surface area contributed by atoms with Crippen molar-refractivity contribution in [1.29, 1.82) is 0 Å². The van der Waals surface area contributed by atoms with Crippen LogP contribution in [0, 0.1) is 29.2 Å². The molecule has 0 unspecified atom stereocenters. The predicted octanol–water partition coefficient (Wildman–Crippen LogP) is 6.64. The van der Waals surface area contributed by atoms with Gasteiger partial charge in [0.25, 0.3) is 0 Å². The van der Waals surface area contributed by atoms with E-state index in [0.717, 1.165) is 31.2 Å². The van der Waals surface area contributed by atoms with E-state index in [1.807, 2.05) is 0 Å². The summed E-state index contributed by atoms with van der Waals surface area (Å²) in [5, 5.41) is 0. The van der Waals surface area contributed by atoms with Crippen LogP contribution >= 0.6 is 0 Å². The van der Waals surface area contributed by atoms with Crippen LogP contribution in [0.25, 0.3) is 0 Å². The van der Waals surface area contributed by atoms with E-state index < -0.39 is 35.0 Å². The largest absolute Gasteiger partial charge is 0.423 e. The molecule has 0 aliphatic heterocycles. The fourth-order valence-electron chi connectivity index (χ4n) is 3.30. The van der Waals surface area contributed by atoms with Crippen molar-refractivity contribution >= 4 is 5.97 Å². The molecule has 2 aromatic carbocycles. The Bertz CT molecular complexity index is 810. The highest BCUT2D eigenvalue weighted by atomic mass is 19.2. The third-order valence-electron chi connectivity index (χ3n) is 4.87. The lowest BCUT2D eigenvalue weighted by atomic mass is 9.79. The van der Waals surface area contributed by atoms with E-state index in [4.69, 9.17) is 4.74 Å². The van der Waals surface area contributed by atoms with Gasteiger partial charge in [-0.15, -0.1) is 0 Å². The lowest BCUT2D eigenvalue weighted by Gasteiger charge is -2.26. The molecule has 1 aliphatic rings. The van der Waals surface area contributed by atoms with Crippen LogP contribution in [0.4, 0.5) is 17.6 Å². The second kappa shape index (κ2) is 8.55. The first-order chi connectivity index (χ1) is 12.3. The van der Waals surface area contributed by atoms with E-state index in [-0.39, 0.29) is 20.3 Å². The van der Waals surface area contributed by atoms with Crippen molar-refractivity contribution in [2.24, 2.45) is 5.92 Å². The van der Waals surface area contributed by atoms with Crippen molar-refractivity contribution in [3.05, 3.63) is 64.7 Å². The van der Waals surface area contributed by atoms with Crippen molar-refractivity contribution in [3.8, 4) is 5.75 Å². The molecule has 0 radical (unpaired) electrons. The van der Waals surface area contributed by atoms with Gasteiger partial charge in [-0.1, -0.05) is 33.3 Å². The predicted molar refractivity (Wildman–Crippen MR) is 96.9 cm³/mol. The summed E-state index contributed by atoms with van der Waals surface area (Å²) in [6, 6.07) is 5.36. The molecule has 0 amide bonds. The standard InChI is InChI=1S/C20H18F4O2.CH4.H2/c1-11-2-4-12(5-3-11)13-6-7-15(16(21)8-13)20(25)26-14-9-17(22)19(24)18(23)10-14;;/h6-12H,2-5H2,1H3;1H4;1H. The number of carbonyl (C=O) groups is 1. The average Bonchev–Trinajstić information content (AvgIpc) is 2.60. The van der Waals surface area contributed by atoms with Crippen molar-refractivity contribution < 1.29 is 28.5 Å².